The van der Waals surface area contributed by atoms with Gasteiger partial charge < -0.3 is 14.5 Å². The van der Waals surface area contributed by atoms with E-state index in [0.717, 1.165) is 38.5 Å². The lowest BCUT2D eigenvalue weighted by atomic mass is 9.72. The van der Waals surface area contributed by atoms with Gasteiger partial charge in [-0.25, -0.2) is 9.59 Å². The van der Waals surface area contributed by atoms with Crippen LogP contribution in [0.1, 0.15) is 121 Å². The zero-order chi connectivity index (χ0) is 31.1. The van der Waals surface area contributed by atoms with Crippen molar-refractivity contribution in [3.8, 4) is 0 Å². The second kappa shape index (κ2) is 14.8. The van der Waals surface area contributed by atoms with Crippen molar-refractivity contribution in [2.24, 2.45) is 10.8 Å². The van der Waals surface area contributed by atoms with Crippen molar-refractivity contribution in [1.29, 1.82) is 0 Å². The molecule has 0 saturated carbocycles. The van der Waals surface area contributed by atoms with Gasteiger partial charge in [0.2, 0.25) is 0 Å². The fourth-order valence-corrected chi connectivity index (χ4v) is 6.84. The maximum Gasteiger partial charge on any atom is 0.327 e. The van der Waals surface area contributed by atoms with Crippen molar-refractivity contribution >= 4 is 23.9 Å². The van der Waals surface area contributed by atoms with Crippen LogP contribution in [-0.4, -0.2) is 93.9 Å². The van der Waals surface area contributed by atoms with E-state index < -0.39 is 10.8 Å². The minimum Gasteiger partial charge on any atom is -0.374 e. The first kappa shape index (κ1) is 35.0. The first-order valence-corrected chi connectivity index (χ1v) is 16.1. The number of amides is 6. The summed E-state index contributed by atoms with van der Waals surface area (Å²) in [7, 11) is 0. The number of imide groups is 2. The quantitative estimate of drug-likeness (QED) is 0.178. The molecule has 4 unspecified atom stereocenters. The lowest BCUT2D eigenvalue weighted by Crippen LogP contribution is -2.57. The van der Waals surface area contributed by atoms with Crippen LogP contribution in [0, 0.1) is 10.8 Å². The summed E-state index contributed by atoms with van der Waals surface area (Å²) in [5.74, 6) is -0.280. The van der Waals surface area contributed by atoms with Gasteiger partial charge in [-0.3, -0.25) is 19.4 Å². The Labute approximate surface area is 249 Å². The Morgan fingerprint density at radius 3 is 1.15 bits per heavy atom. The minimum atomic E-state index is -0.512. The van der Waals surface area contributed by atoms with E-state index in [1.807, 2.05) is 13.8 Å². The third kappa shape index (κ3) is 7.26. The molecule has 2 heterocycles. The first-order valence-electron chi connectivity index (χ1n) is 16.1. The molecule has 4 atom stereocenters. The van der Waals surface area contributed by atoms with Gasteiger partial charge in [-0.1, -0.05) is 81.1 Å². The molecular weight excluding hydrogens is 520 g/mol. The van der Waals surface area contributed by atoms with E-state index in [0.29, 0.717) is 25.9 Å². The van der Waals surface area contributed by atoms with Crippen LogP contribution in [0.4, 0.5) is 9.59 Å². The molecule has 2 rings (SSSR count). The summed E-state index contributed by atoms with van der Waals surface area (Å²) in [5.41, 5.74) is -1.02. The molecule has 0 aromatic heterocycles. The number of hydrogen-bond acceptors (Lipinski definition) is 5. The van der Waals surface area contributed by atoms with Crippen LogP contribution in [0.25, 0.3) is 0 Å². The van der Waals surface area contributed by atoms with E-state index in [1.54, 1.807) is 9.80 Å². The molecule has 2 fully saturated rings. The van der Waals surface area contributed by atoms with E-state index in [1.165, 1.54) is 9.80 Å². The molecule has 2 saturated heterocycles. The van der Waals surface area contributed by atoms with Crippen molar-refractivity contribution in [1.82, 2.24) is 19.6 Å². The third-order valence-electron chi connectivity index (χ3n) is 9.46. The minimum absolute atomic E-state index is 0.127. The Morgan fingerprint density at radius 2 is 0.902 bits per heavy atom. The second-order valence-corrected chi connectivity index (χ2v) is 13.1. The predicted molar refractivity (Wildman–Crippen MR) is 162 cm³/mol. The van der Waals surface area contributed by atoms with Crippen LogP contribution in [0.2, 0.25) is 0 Å². The molecule has 9 nitrogen and oxygen atoms in total. The topological polar surface area (TPSA) is 90.5 Å². The van der Waals surface area contributed by atoms with Gasteiger partial charge in [-0.15, -0.1) is 0 Å². The average Bonchev–Trinajstić information content (AvgIpc) is 3.37. The zero-order valence-electron chi connectivity index (χ0n) is 27.6. The summed E-state index contributed by atoms with van der Waals surface area (Å²) in [4.78, 5) is 59.1. The standard InChI is InChI=1S/C32H58N4O5/c1-11-17-23(35-27(37)21-33(15-5)29(35)39)31(7,8)25(19-13-3)41-26(20-14-4)32(9,10)24(18-12-2)36-28(38)22-34(16-6)30(36)40/h23-26H,11-22H2,1-10H3. The van der Waals surface area contributed by atoms with Crippen LogP contribution in [0.3, 0.4) is 0 Å². The van der Waals surface area contributed by atoms with Crippen molar-refractivity contribution < 1.29 is 23.9 Å². The molecule has 0 bridgehead atoms. The summed E-state index contributed by atoms with van der Waals surface area (Å²) in [6, 6.07) is -1.01. The SMILES string of the molecule is CCCC(OC(CCC)C(C)(C)C(CCC)N1C(=O)CN(CC)C1=O)C(C)(C)C(CCC)N1C(=O)CN(CC)C1=O. The summed E-state index contributed by atoms with van der Waals surface area (Å²) in [6.07, 6.45) is 5.97. The molecule has 6 amide bonds. The molecule has 236 valence electrons. The molecule has 2 aliphatic heterocycles. The number of likely N-dealkylation sites (N-methyl/N-ethyl adjacent to an activating group) is 2. The largest absolute Gasteiger partial charge is 0.374 e. The Hall–Kier alpha value is -2.16. The number of carbonyl (C=O) groups excluding carboxylic acids is 4. The monoisotopic (exact) mass is 578 g/mol. The molecule has 0 aromatic rings. The van der Waals surface area contributed by atoms with Crippen molar-refractivity contribution in [3.05, 3.63) is 0 Å². The first-order chi connectivity index (χ1) is 19.3. The average molecular weight is 579 g/mol. The Bertz CT molecular complexity index is 848. The normalized spacial score (nSPS) is 20.0. The van der Waals surface area contributed by atoms with Gasteiger partial charge in [0, 0.05) is 36.0 Å². The number of nitrogens with zero attached hydrogens (tertiary/aromatic N) is 4. The highest BCUT2D eigenvalue weighted by Gasteiger charge is 2.52. The summed E-state index contributed by atoms with van der Waals surface area (Å²) in [6.45, 7) is 22.0. The number of rotatable bonds is 18. The molecule has 0 aromatic carbocycles. The van der Waals surface area contributed by atoms with Gasteiger partial charge in [0.05, 0.1) is 12.2 Å². The molecular formula is C32H58N4O5. The predicted octanol–water partition coefficient (Wildman–Crippen LogP) is 6.30. The van der Waals surface area contributed by atoms with E-state index in [4.69, 9.17) is 4.74 Å². The van der Waals surface area contributed by atoms with Crippen LogP contribution < -0.4 is 0 Å². The van der Waals surface area contributed by atoms with Gasteiger partial charge in [-0.05, 0) is 39.5 Å². The van der Waals surface area contributed by atoms with Crippen molar-refractivity contribution in [2.45, 2.75) is 145 Å². The fourth-order valence-electron chi connectivity index (χ4n) is 6.84. The van der Waals surface area contributed by atoms with Gasteiger partial charge in [0.25, 0.3) is 11.8 Å². The Morgan fingerprint density at radius 1 is 0.585 bits per heavy atom. The van der Waals surface area contributed by atoms with Crippen LogP contribution in [0.5, 0.6) is 0 Å². The number of carbonyl (C=O) groups is 4. The van der Waals surface area contributed by atoms with E-state index in [9.17, 15) is 19.2 Å². The van der Waals surface area contributed by atoms with E-state index in [2.05, 4.69) is 55.4 Å². The number of hydrogen-bond donors (Lipinski definition) is 0. The van der Waals surface area contributed by atoms with Gasteiger partial charge in [0.1, 0.15) is 13.1 Å². The zero-order valence-corrected chi connectivity index (χ0v) is 27.6. The maximum atomic E-state index is 13.3. The highest BCUT2D eigenvalue weighted by molar-refractivity contribution is 6.03. The van der Waals surface area contributed by atoms with Gasteiger partial charge >= 0.3 is 12.1 Å². The number of ether oxygens (including phenoxy) is 1. The van der Waals surface area contributed by atoms with Gasteiger partial charge in [0.15, 0.2) is 0 Å². The van der Waals surface area contributed by atoms with Crippen molar-refractivity contribution in [3.63, 3.8) is 0 Å². The molecule has 41 heavy (non-hydrogen) atoms. The molecule has 0 N–H and O–H groups in total. The van der Waals surface area contributed by atoms with Crippen LogP contribution in [0.15, 0.2) is 0 Å². The highest BCUT2D eigenvalue weighted by Crippen LogP contribution is 2.43. The molecule has 9 heteroatoms. The van der Waals surface area contributed by atoms with Crippen LogP contribution >= 0.6 is 0 Å². The van der Waals surface area contributed by atoms with Crippen LogP contribution in [-0.2, 0) is 14.3 Å². The fraction of sp³-hybridized carbons (Fsp3) is 0.875. The van der Waals surface area contributed by atoms with Gasteiger partial charge in [-0.2, -0.15) is 0 Å². The summed E-state index contributed by atoms with van der Waals surface area (Å²) in [5, 5.41) is 0. The third-order valence-corrected chi connectivity index (χ3v) is 9.46. The highest BCUT2D eigenvalue weighted by atomic mass is 16.5. The van der Waals surface area contributed by atoms with E-state index >= 15 is 0 Å². The Balaban J connectivity index is 2.50. The lowest BCUT2D eigenvalue weighted by molar-refractivity contribution is -0.156. The second-order valence-electron chi connectivity index (χ2n) is 13.1. The number of urea groups is 2. The van der Waals surface area contributed by atoms with Crippen molar-refractivity contribution in [2.75, 3.05) is 26.2 Å². The molecule has 0 spiro atoms. The molecule has 0 aliphatic carbocycles. The molecule has 0 radical (unpaired) electrons. The Kier molecular flexibility index (Phi) is 12.7. The molecule has 2 aliphatic rings. The lowest BCUT2D eigenvalue weighted by Gasteiger charge is -2.49. The smallest absolute Gasteiger partial charge is 0.327 e. The summed E-state index contributed by atoms with van der Waals surface area (Å²) < 4.78 is 7.16. The maximum absolute atomic E-state index is 13.3. The van der Waals surface area contributed by atoms with E-state index in [-0.39, 0.29) is 61.3 Å². The summed E-state index contributed by atoms with van der Waals surface area (Å²) >= 11 is 0.